The Bertz CT molecular complexity index is 301. The van der Waals surface area contributed by atoms with Gasteiger partial charge in [-0.2, -0.15) is 17.5 Å². The molecule has 1 saturated heterocycles. The van der Waals surface area contributed by atoms with Crippen LogP contribution in [0.3, 0.4) is 0 Å². The van der Waals surface area contributed by atoms with E-state index in [1.54, 1.807) is 0 Å². The highest BCUT2D eigenvalue weighted by molar-refractivity contribution is 7.90. The second-order valence-electron chi connectivity index (χ2n) is 3.11. The number of nitrogens with zero attached hydrogens (tertiary/aromatic N) is 1. The summed E-state index contributed by atoms with van der Waals surface area (Å²) >= 11 is 0. The second kappa shape index (κ2) is 3.67. The Kier molecular flexibility index (Phi) is 3.07. The largest absolute Gasteiger partial charge is 0.511 e. The van der Waals surface area contributed by atoms with Gasteiger partial charge in [0.05, 0.1) is 0 Å². The Balaban J connectivity index is 2.92. The zero-order chi connectivity index (χ0) is 11.0. The maximum atomic E-state index is 12.1. The van der Waals surface area contributed by atoms with Gasteiger partial charge in [0, 0.05) is 25.7 Å². The van der Waals surface area contributed by atoms with Gasteiger partial charge in [0.15, 0.2) is 0 Å². The van der Waals surface area contributed by atoms with Gasteiger partial charge in [0.1, 0.15) is 0 Å². The molecule has 0 unspecified atom stereocenters. The molecule has 1 fully saturated rings. The van der Waals surface area contributed by atoms with E-state index in [1.807, 2.05) is 0 Å². The summed E-state index contributed by atoms with van der Waals surface area (Å²) in [6.07, 6.45) is 0. The third-order valence-corrected chi connectivity index (χ3v) is 3.79. The summed E-state index contributed by atoms with van der Waals surface area (Å²) in [7, 11) is -5.16. The zero-order valence-corrected chi connectivity index (χ0v) is 8.32. The van der Waals surface area contributed by atoms with Crippen LogP contribution in [-0.4, -0.2) is 43.9 Å². The molecule has 0 radical (unpaired) electrons. The van der Waals surface area contributed by atoms with Crippen LogP contribution in [-0.2, 0) is 10.0 Å². The van der Waals surface area contributed by atoms with Crippen molar-refractivity contribution in [3.8, 4) is 0 Å². The lowest BCUT2D eigenvalue weighted by atomic mass is 10.3. The number of hydrogen-bond acceptors (Lipinski definition) is 3. The Morgan fingerprint density at radius 2 is 2.00 bits per heavy atom. The smallest absolute Gasteiger partial charge is 0.314 e. The Hall–Kier alpha value is -0.340. The van der Waals surface area contributed by atoms with E-state index in [2.05, 4.69) is 5.32 Å². The van der Waals surface area contributed by atoms with Crippen molar-refractivity contribution in [1.82, 2.24) is 9.62 Å². The van der Waals surface area contributed by atoms with Crippen LogP contribution in [0.5, 0.6) is 0 Å². The molecule has 8 heteroatoms. The van der Waals surface area contributed by atoms with Gasteiger partial charge < -0.3 is 5.32 Å². The average Bonchev–Trinajstić information content (AvgIpc) is 2.02. The van der Waals surface area contributed by atoms with Crippen molar-refractivity contribution in [2.24, 2.45) is 0 Å². The van der Waals surface area contributed by atoms with Gasteiger partial charge in [-0.15, -0.1) is 0 Å². The molecule has 0 saturated carbocycles. The molecule has 1 aliphatic heterocycles. The van der Waals surface area contributed by atoms with Gasteiger partial charge in [-0.25, -0.2) is 8.42 Å². The van der Waals surface area contributed by atoms with E-state index in [0.29, 0.717) is 4.31 Å². The summed E-state index contributed by atoms with van der Waals surface area (Å²) in [6, 6.07) is -0.657. The quantitative estimate of drug-likeness (QED) is 0.699. The van der Waals surface area contributed by atoms with Crippen molar-refractivity contribution in [2.45, 2.75) is 18.5 Å². The minimum absolute atomic E-state index is 0.136. The number of halogens is 3. The highest BCUT2D eigenvalue weighted by Gasteiger charge is 2.51. The Labute approximate surface area is 80.1 Å². The molecule has 1 N–H and O–H groups in total. The molecule has 4 nitrogen and oxygen atoms in total. The number of sulfonamides is 1. The highest BCUT2D eigenvalue weighted by Crippen LogP contribution is 2.28. The van der Waals surface area contributed by atoms with E-state index in [-0.39, 0.29) is 19.6 Å². The fraction of sp³-hybridized carbons (Fsp3) is 1.00. The van der Waals surface area contributed by atoms with Crippen LogP contribution in [0.4, 0.5) is 13.2 Å². The molecule has 14 heavy (non-hydrogen) atoms. The molecule has 1 aliphatic rings. The van der Waals surface area contributed by atoms with Crippen LogP contribution < -0.4 is 5.32 Å². The maximum Gasteiger partial charge on any atom is 0.511 e. The fourth-order valence-electron chi connectivity index (χ4n) is 1.31. The minimum Gasteiger partial charge on any atom is -0.314 e. The van der Waals surface area contributed by atoms with Gasteiger partial charge in [-0.1, -0.05) is 0 Å². The first-order valence-electron chi connectivity index (χ1n) is 4.05. The molecule has 0 aromatic heterocycles. The summed E-state index contributed by atoms with van der Waals surface area (Å²) in [4.78, 5) is 0. The Morgan fingerprint density at radius 1 is 1.43 bits per heavy atom. The van der Waals surface area contributed by atoms with Gasteiger partial charge in [-0.3, -0.25) is 0 Å². The van der Waals surface area contributed by atoms with E-state index < -0.39 is 21.6 Å². The molecule has 1 rings (SSSR count). The van der Waals surface area contributed by atoms with Crippen molar-refractivity contribution >= 4 is 10.0 Å². The predicted molar refractivity (Wildman–Crippen MR) is 44.0 cm³/mol. The summed E-state index contributed by atoms with van der Waals surface area (Å²) in [5.74, 6) is 0. The van der Waals surface area contributed by atoms with Crippen molar-refractivity contribution < 1.29 is 21.6 Å². The first-order valence-corrected chi connectivity index (χ1v) is 5.49. The van der Waals surface area contributed by atoms with Crippen LogP contribution in [0.2, 0.25) is 0 Å². The lowest BCUT2D eigenvalue weighted by Crippen LogP contribution is -2.55. The molecule has 0 aromatic carbocycles. The SMILES string of the molecule is C[C@H]1CNCCN1S(=O)(=O)C(F)(F)F. The predicted octanol–water partition coefficient (Wildman–Crippen LogP) is 0.130. The van der Waals surface area contributed by atoms with E-state index in [4.69, 9.17) is 0 Å². The first-order chi connectivity index (χ1) is 6.27. The number of piperazine rings is 1. The summed E-state index contributed by atoms with van der Waals surface area (Å²) in [6.45, 7) is 1.80. The topological polar surface area (TPSA) is 49.4 Å². The van der Waals surface area contributed by atoms with Crippen molar-refractivity contribution in [1.29, 1.82) is 0 Å². The number of hydrogen-bond donors (Lipinski definition) is 1. The lowest BCUT2D eigenvalue weighted by molar-refractivity contribution is -0.0503. The van der Waals surface area contributed by atoms with Gasteiger partial charge in [0.2, 0.25) is 0 Å². The van der Waals surface area contributed by atoms with Gasteiger partial charge in [-0.05, 0) is 6.92 Å². The molecule has 0 amide bonds. The van der Waals surface area contributed by atoms with Crippen molar-refractivity contribution in [3.05, 3.63) is 0 Å². The lowest BCUT2D eigenvalue weighted by Gasteiger charge is -2.33. The van der Waals surface area contributed by atoms with Crippen LogP contribution in [0.15, 0.2) is 0 Å². The third-order valence-electron chi connectivity index (χ3n) is 2.04. The van der Waals surface area contributed by atoms with Crippen LogP contribution in [0.25, 0.3) is 0 Å². The molecule has 1 atom stereocenters. The van der Waals surface area contributed by atoms with Gasteiger partial charge >= 0.3 is 15.5 Å². The number of nitrogens with one attached hydrogen (secondary N) is 1. The van der Waals surface area contributed by atoms with Crippen molar-refractivity contribution in [3.63, 3.8) is 0 Å². The molecule has 0 aliphatic carbocycles. The first kappa shape index (κ1) is 11.7. The van der Waals surface area contributed by atoms with Crippen LogP contribution in [0, 0.1) is 0 Å². The third kappa shape index (κ3) is 2.01. The molecule has 0 bridgehead atoms. The second-order valence-corrected chi connectivity index (χ2v) is 5.00. The molecule has 0 spiro atoms. The highest BCUT2D eigenvalue weighted by atomic mass is 32.2. The zero-order valence-electron chi connectivity index (χ0n) is 7.50. The Morgan fingerprint density at radius 3 is 2.43 bits per heavy atom. The van der Waals surface area contributed by atoms with E-state index in [0.717, 1.165) is 0 Å². The standard InChI is InChI=1S/C6H11F3N2O2S/c1-5-4-10-2-3-11(5)14(12,13)6(7,8)9/h5,10H,2-4H2,1H3/t5-/m0/s1. The normalized spacial score (nSPS) is 26.4. The minimum atomic E-state index is -5.20. The number of rotatable bonds is 1. The molecule has 1 heterocycles. The molecule has 0 aromatic rings. The monoisotopic (exact) mass is 232 g/mol. The molecule has 84 valence electrons. The van der Waals surface area contributed by atoms with E-state index in [9.17, 15) is 21.6 Å². The van der Waals surface area contributed by atoms with E-state index >= 15 is 0 Å². The molecular weight excluding hydrogens is 221 g/mol. The van der Waals surface area contributed by atoms with Crippen LogP contribution in [0.1, 0.15) is 6.92 Å². The summed E-state index contributed by atoms with van der Waals surface area (Å²) in [5.41, 5.74) is -5.20. The van der Waals surface area contributed by atoms with E-state index in [1.165, 1.54) is 6.92 Å². The van der Waals surface area contributed by atoms with Crippen molar-refractivity contribution in [2.75, 3.05) is 19.6 Å². The number of alkyl halides is 3. The fourth-order valence-corrected chi connectivity index (χ4v) is 2.46. The van der Waals surface area contributed by atoms with Crippen LogP contribution >= 0.6 is 0 Å². The maximum absolute atomic E-state index is 12.1. The summed E-state index contributed by atoms with van der Waals surface area (Å²) < 4.78 is 58.9. The summed E-state index contributed by atoms with van der Waals surface area (Å²) in [5, 5.41) is 2.81. The molecular formula is C6H11F3N2O2S. The average molecular weight is 232 g/mol. The van der Waals surface area contributed by atoms with Gasteiger partial charge in [0.25, 0.3) is 0 Å².